The molecule has 5 aromatic rings. The quantitative estimate of drug-likeness (QED) is 0.161. The molecule has 0 radical (unpaired) electrons. The molecule has 2 saturated heterocycles. The van der Waals surface area contributed by atoms with Crippen LogP contribution in [-0.2, 0) is 4.74 Å². The lowest BCUT2D eigenvalue weighted by molar-refractivity contribution is 0.0171. The van der Waals surface area contributed by atoms with Crippen molar-refractivity contribution >= 4 is 39.0 Å². The van der Waals surface area contributed by atoms with Crippen molar-refractivity contribution in [1.29, 1.82) is 0 Å². The van der Waals surface area contributed by atoms with E-state index in [1.165, 1.54) is 12.8 Å². The normalized spacial score (nSPS) is 16.7. The van der Waals surface area contributed by atoms with Crippen molar-refractivity contribution in [2.24, 2.45) is 0 Å². The van der Waals surface area contributed by atoms with Crippen LogP contribution in [0.5, 0.6) is 5.75 Å². The lowest BCUT2D eigenvalue weighted by atomic mass is 10.1. The number of rotatable bonds is 12. The van der Waals surface area contributed by atoms with Crippen LogP contribution in [0.15, 0.2) is 66.9 Å². The summed E-state index contributed by atoms with van der Waals surface area (Å²) in [5.74, 6) is 2.10. The first-order valence-electron chi connectivity index (χ1n) is 15.9. The molecule has 1 atom stereocenters. The van der Waals surface area contributed by atoms with Gasteiger partial charge in [0.25, 0.3) is 0 Å². The van der Waals surface area contributed by atoms with E-state index in [9.17, 15) is 5.11 Å². The van der Waals surface area contributed by atoms with Crippen molar-refractivity contribution in [2.45, 2.75) is 18.9 Å². The van der Waals surface area contributed by atoms with Gasteiger partial charge in [-0.25, -0.2) is 9.97 Å². The second-order valence-corrected chi connectivity index (χ2v) is 11.8. The molecule has 0 aliphatic carbocycles. The molecule has 2 aromatic heterocycles. The number of ether oxygens (including phenoxy) is 2. The molecular formula is C34H40N8O3. The standard InChI is InChI=1S/C34H40N8O3/c43-28(23-42-12-15-44-16-13-42)22-35-26-5-3-4-24(18-26)33-38-32-9-7-29(45-17-14-41-10-1-2-11-41)20-30(32)34(39-33)37-27-6-8-31-25(19-27)21-36-40-31/h3-9,18-21,28,35,43H,1-2,10-17,22-23H2,(H,36,40)(H,37,38,39). The van der Waals surface area contributed by atoms with Gasteiger partial charge in [-0.1, -0.05) is 12.1 Å². The van der Waals surface area contributed by atoms with E-state index in [0.29, 0.717) is 31.3 Å². The lowest BCUT2D eigenvalue weighted by Crippen LogP contribution is -2.42. The number of morpholine rings is 1. The fourth-order valence-corrected chi connectivity index (χ4v) is 6.03. The monoisotopic (exact) mass is 608 g/mol. The van der Waals surface area contributed by atoms with Gasteiger partial charge in [-0.15, -0.1) is 0 Å². The maximum atomic E-state index is 10.6. The first-order valence-corrected chi connectivity index (χ1v) is 15.9. The van der Waals surface area contributed by atoms with Crippen molar-refractivity contribution in [2.75, 3.05) is 76.3 Å². The molecule has 4 heterocycles. The number of aromatic nitrogens is 4. The van der Waals surface area contributed by atoms with E-state index in [1.54, 1.807) is 0 Å². The Morgan fingerprint density at radius 3 is 2.71 bits per heavy atom. The number of β-amino-alcohol motifs (C(OH)–C–C–N with tert-alkyl or cyclic N) is 1. The largest absolute Gasteiger partial charge is 0.492 e. The van der Waals surface area contributed by atoms with Gasteiger partial charge in [0.15, 0.2) is 5.82 Å². The zero-order valence-electron chi connectivity index (χ0n) is 25.4. The Balaban J connectivity index is 1.13. The molecule has 7 rings (SSSR count). The molecule has 0 bridgehead atoms. The van der Waals surface area contributed by atoms with E-state index in [-0.39, 0.29) is 0 Å². The minimum atomic E-state index is -0.487. The Kier molecular flexibility index (Phi) is 9.01. The number of nitrogens with one attached hydrogen (secondary N) is 3. The Morgan fingerprint density at radius 2 is 1.82 bits per heavy atom. The number of hydrogen-bond acceptors (Lipinski definition) is 10. The Bertz CT molecular complexity index is 1730. The molecule has 0 amide bonds. The Morgan fingerprint density at radius 1 is 0.933 bits per heavy atom. The molecule has 0 saturated carbocycles. The van der Waals surface area contributed by atoms with Crippen LogP contribution in [0.2, 0.25) is 0 Å². The molecule has 2 aliphatic heterocycles. The van der Waals surface area contributed by atoms with Gasteiger partial charge in [-0.05, 0) is 74.5 Å². The first-order chi connectivity index (χ1) is 22.2. The maximum absolute atomic E-state index is 10.6. The van der Waals surface area contributed by atoms with E-state index >= 15 is 0 Å². The molecule has 1 unspecified atom stereocenters. The summed E-state index contributed by atoms with van der Waals surface area (Å²) in [4.78, 5) is 14.7. The van der Waals surface area contributed by atoms with Crippen molar-refractivity contribution in [3.05, 3.63) is 66.9 Å². The minimum Gasteiger partial charge on any atom is -0.492 e. The molecule has 11 nitrogen and oxygen atoms in total. The first kappa shape index (κ1) is 29.4. The third kappa shape index (κ3) is 7.34. The van der Waals surface area contributed by atoms with Gasteiger partial charge >= 0.3 is 0 Å². The van der Waals surface area contributed by atoms with Crippen LogP contribution in [-0.4, -0.2) is 107 Å². The van der Waals surface area contributed by atoms with Crippen molar-refractivity contribution in [3.8, 4) is 17.1 Å². The summed E-state index contributed by atoms with van der Waals surface area (Å²) >= 11 is 0. The van der Waals surface area contributed by atoms with E-state index in [1.807, 2.05) is 60.8 Å². The zero-order chi connectivity index (χ0) is 30.4. The summed E-state index contributed by atoms with van der Waals surface area (Å²) in [6, 6.07) is 20.1. The summed E-state index contributed by atoms with van der Waals surface area (Å²) in [7, 11) is 0. The number of aromatic amines is 1. The van der Waals surface area contributed by atoms with Gasteiger partial charge in [0, 0.05) is 60.4 Å². The van der Waals surface area contributed by atoms with Crippen LogP contribution >= 0.6 is 0 Å². The summed E-state index contributed by atoms with van der Waals surface area (Å²) < 4.78 is 11.6. The van der Waals surface area contributed by atoms with Crippen LogP contribution in [0.1, 0.15) is 12.8 Å². The molecule has 4 N–H and O–H groups in total. The highest BCUT2D eigenvalue weighted by Crippen LogP contribution is 2.31. The van der Waals surface area contributed by atoms with Crippen LogP contribution in [0.4, 0.5) is 17.2 Å². The third-order valence-electron chi connectivity index (χ3n) is 8.48. The van der Waals surface area contributed by atoms with Crippen LogP contribution in [0.3, 0.4) is 0 Å². The zero-order valence-corrected chi connectivity index (χ0v) is 25.4. The highest BCUT2D eigenvalue weighted by molar-refractivity contribution is 5.94. The molecular weight excluding hydrogens is 568 g/mol. The number of benzene rings is 3. The second kappa shape index (κ2) is 13.8. The topological polar surface area (TPSA) is 124 Å². The van der Waals surface area contributed by atoms with Crippen molar-refractivity contribution in [3.63, 3.8) is 0 Å². The predicted molar refractivity (Wildman–Crippen MR) is 177 cm³/mol. The highest BCUT2D eigenvalue weighted by Gasteiger charge is 2.16. The fourth-order valence-electron chi connectivity index (χ4n) is 6.03. The van der Waals surface area contributed by atoms with Gasteiger partial charge < -0.3 is 25.2 Å². The van der Waals surface area contributed by atoms with Crippen LogP contribution < -0.4 is 15.4 Å². The average molecular weight is 609 g/mol. The Hall–Kier alpha value is -4.29. The molecule has 45 heavy (non-hydrogen) atoms. The fraction of sp³-hybridized carbons (Fsp3) is 0.382. The van der Waals surface area contributed by atoms with Crippen LogP contribution in [0.25, 0.3) is 33.2 Å². The molecule has 0 spiro atoms. The number of likely N-dealkylation sites (tertiary alicyclic amines) is 1. The van der Waals surface area contributed by atoms with E-state index in [2.05, 4.69) is 36.7 Å². The molecule has 234 valence electrons. The number of anilines is 3. The molecule has 2 aliphatic rings. The molecule has 11 heteroatoms. The second-order valence-electron chi connectivity index (χ2n) is 11.8. The summed E-state index contributed by atoms with van der Waals surface area (Å²) in [6.45, 7) is 8.08. The van der Waals surface area contributed by atoms with E-state index in [4.69, 9.17) is 19.4 Å². The smallest absolute Gasteiger partial charge is 0.162 e. The predicted octanol–water partition coefficient (Wildman–Crippen LogP) is 4.50. The number of nitrogens with zero attached hydrogens (tertiary/aromatic N) is 5. The van der Waals surface area contributed by atoms with Gasteiger partial charge in [-0.2, -0.15) is 5.10 Å². The van der Waals surface area contributed by atoms with Gasteiger partial charge in [0.1, 0.15) is 18.2 Å². The minimum absolute atomic E-state index is 0.448. The number of H-pyrrole nitrogens is 1. The van der Waals surface area contributed by atoms with Gasteiger partial charge in [-0.3, -0.25) is 14.9 Å². The molecule has 3 aromatic carbocycles. The summed E-state index contributed by atoms with van der Waals surface area (Å²) in [5.41, 5.74) is 4.47. The van der Waals surface area contributed by atoms with Gasteiger partial charge in [0.05, 0.1) is 36.5 Å². The SMILES string of the molecule is OC(CNc1cccc(-c2nc(Nc3ccc4[nH]ncc4c3)c3cc(OCCN4CCCC4)ccc3n2)c1)CN1CCOCC1. The number of aliphatic hydroxyl groups excluding tert-OH is 1. The summed E-state index contributed by atoms with van der Waals surface area (Å²) in [5, 5.41) is 26.6. The average Bonchev–Trinajstić information content (AvgIpc) is 3.77. The van der Waals surface area contributed by atoms with Crippen molar-refractivity contribution < 1.29 is 14.6 Å². The highest BCUT2D eigenvalue weighted by atomic mass is 16.5. The van der Waals surface area contributed by atoms with E-state index in [0.717, 1.165) is 90.4 Å². The van der Waals surface area contributed by atoms with E-state index < -0.39 is 6.10 Å². The maximum Gasteiger partial charge on any atom is 0.162 e. The Labute approximate surface area is 262 Å². The van der Waals surface area contributed by atoms with Gasteiger partial charge in [0.2, 0.25) is 0 Å². The molecule has 2 fully saturated rings. The van der Waals surface area contributed by atoms with Crippen molar-refractivity contribution in [1.82, 2.24) is 30.0 Å². The third-order valence-corrected chi connectivity index (χ3v) is 8.48. The lowest BCUT2D eigenvalue weighted by Gasteiger charge is -2.28. The number of fused-ring (bicyclic) bond motifs is 2. The number of hydrogen-bond donors (Lipinski definition) is 4. The summed E-state index contributed by atoms with van der Waals surface area (Å²) in [6.07, 6.45) is 3.86. The number of aliphatic hydroxyl groups is 1. The van der Waals surface area contributed by atoms with Crippen LogP contribution in [0, 0.1) is 0 Å².